The van der Waals surface area contributed by atoms with E-state index in [-0.39, 0.29) is 75.2 Å². The van der Waals surface area contributed by atoms with E-state index in [1.54, 1.807) is 13.8 Å². The zero-order chi connectivity index (χ0) is 32.4. The van der Waals surface area contributed by atoms with E-state index < -0.39 is 11.4 Å². The van der Waals surface area contributed by atoms with Gasteiger partial charge in [0.15, 0.2) is 5.82 Å². The fourth-order valence-corrected chi connectivity index (χ4v) is 6.81. The number of ether oxygens (including phenoxy) is 1. The number of aryl methyl sites for hydroxylation is 1. The molecule has 5 aromatic rings. The third-order valence-electron chi connectivity index (χ3n) is 9.11. The summed E-state index contributed by atoms with van der Waals surface area (Å²) in [5.74, 6) is 0.358. The van der Waals surface area contributed by atoms with Gasteiger partial charge in [-0.25, -0.2) is 9.31 Å². The Balaban J connectivity index is 0.00000433. The SMILES string of the molecule is CCCc1c(Cc2ccc(-c3ccccc3-c3noc(=O)[nH]3)cc2)c(=O)n([C@H]2CC[C@H](OC(CC)C(C)(C)O)CC2)c2ncnn12.[KH]. The average molecular weight is 667 g/mol. The van der Waals surface area contributed by atoms with Crippen molar-refractivity contribution >= 4 is 57.2 Å². The molecule has 6 rings (SSSR count). The summed E-state index contributed by atoms with van der Waals surface area (Å²) in [5.41, 5.74) is 4.34. The first kappa shape index (κ1) is 35.6. The van der Waals surface area contributed by atoms with Crippen LogP contribution in [0.1, 0.15) is 89.1 Å². The molecule has 244 valence electrons. The van der Waals surface area contributed by atoms with Crippen LogP contribution < -0.4 is 11.3 Å². The van der Waals surface area contributed by atoms with E-state index in [0.29, 0.717) is 24.4 Å². The van der Waals surface area contributed by atoms with Crippen molar-refractivity contribution in [3.8, 4) is 22.5 Å². The van der Waals surface area contributed by atoms with Crippen LogP contribution in [0.4, 0.5) is 0 Å². The summed E-state index contributed by atoms with van der Waals surface area (Å²) in [6.45, 7) is 7.72. The molecule has 12 heteroatoms. The molecule has 3 aromatic heterocycles. The third kappa shape index (κ3) is 7.64. The van der Waals surface area contributed by atoms with E-state index in [1.807, 2.05) is 64.5 Å². The van der Waals surface area contributed by atoms with Gasteiger partial charge in [0.05, 0.1) is 23.5 Å². The third-order valence-corrected chi connectivity index (χ3v) is 9.11. The standard InChI is InChI=1S/C35H42N6O5.K.H/c1-5-9-29-28(20-22-12-14-23(15-13-22)26-10-7-8-11-27(26)31-38-34(43)46-39-31)32(42)40(33-36-21-37-41(29)33)24-16-18-25(19-17-24)45-30(6-2)35(3,4)44;;/h7-8,10-15,21,24-25,30,44H,5-6,9,16-20H2,1-4H3,(H,38,39,43);;/t24-,25-,30?;;. The van der Waals surface area contributed by atoms with Crippen LogP contribution >= 0.6 is 0 Å². The second-order valence-electron chi connectivity index (χ2n) is 12.8. The molecule has 1 unspecified atom stereocenters. The molecule has 3 heterocycles. The first-order chi connectivity index (χ1) is 22.2. The van der Waals surface area contributed by atoms with Crippen LogP contribution in [0.5, 0.6) is 0 Å². The Kier molecular flexibility index (Phi) is 11.5. The molecule has 1 aliphatic rings. The van der Waals surface area contributed by atoms with E-state index in [9.17, 15) is 14.7 Å². The molecule has 0 saturated heterocycles. The summed E-state index contributed by atoms with van der Waals surface area (Å²) < 4.78 is 14.8. The Morgan fingerprint density at radius 1 is 1.04 bits per heavy atom. The van der Waals surface area contributed by atoms with E-state index in [4.69, 9.17) is 9.26 Å². The van der Waals surface area contributed by atoms with Crippen molar-refractivity contribution in [1.82, 2.24) is 29.3 Å². The molecule has 0 amide bonds. The van der Waals surface area contributed by atoms with Gasteiger partial charge in [-0.15, -0.1) is 0 Å². The molecule has 0 bridgehead atoms. The first-order valence-corrected chi connectivity index (χ1v) is 16.3. The van der Waals surface area contributed by atoms with Crippen LogP contribution in [0.3, 0.4) is 0 Å². The average Bonchev–Trinajstić information content (AvgIpc) is 3.71. The van der Waals surface area contributed by atoms with Crippen molar-refractivity contribution in [2.75, 3.05) is 0 Å². The van der Waals surface area contributed by atoms with Gasteiger partial charge in [0.25, 0.3) is 5.56 Å². The molecule has 1 aliphatic carbocycles. The van der Waals surface area contributed by atoms with E-state index in [2.05, 4.69) is 27.1 Å². The summed E-state index contributed by atoms with van der Waals surface area (Å²) in [6, 6.07) is 15.8. The summed E-state index contributed by atoms with van der Waals surface area (Å²) in [6.07, 6.45) is 7.31. The van der Waals surface area contributed by atoms with Crippen molar-refractivity contribution in [1.29, 1.82) is 0 Å². The Hall–Kier alpha value is -2.71. The maximum absolute atomic E-state index is 14.4. The zero-order valence-electron chi connectivity index (χ0n) is 26.9. The molecule has 11 nitrogen and oxygen atoms in total. The van der Waals surface area contributed by atoms with Crippen LogP contribution in [0.25, 0.3) is 28.3 Å². The Morgan fingerprint density at radius 2 is 1.74 bits per heavy atom. The summed E-state index contributed by atoms with van der Waals surface area (Å²) in [7, 11) is 0. The second-order valence-corrected chi connectivity index (χ2v) is 12.8. The molecule has 2 aromatic carbocycles. The minimum absolute atomic E-state index is 0. The normalized spacial score (nSPS) is 17.5. The molecule has 1 saturated carbocycles. The van der Waals surface area contributed by atoms with Gasteiger partial charge in [0.1, 0.15) is 6.33 Å². The summed E-state index contributed by atoms with van der Waals surface area (Å²) in [4.78, 5) is 33.2. The number of aromatic nitrogens is 6. The van der Waals surface area contributed by atoms with Crippen LogP contribution in [-0.2, 0) is 17.6 Å². The summed E-state index contributed by atoms with van der Waals surface area (Å²) >= 11 is 0. The first-order valence-electron chi connectivity index (χ1n) is 16.3. The topological polar surface area (TPSA) is 141 Å². The molecule has 0 aliphatic heterocycles. The van der Waals surface area contributed by atoms with Crippen molar-refractivity contribution in [2.24, 2.45) is 0 Å². The zero-order valence-corrected chi connectivity index (χ0v) is 26.9. The van der Waals surface area contributed by atoms with Gasteiger partial charge in [-0.2, -0.15) is 10.1 Å². The second kappa shape index (κ2) is 15.2. The van der Waals surface area contributed by atoms with Crippen molar-refractivity contribution < 1.29 is 14.4 Å². The van der Waals surface area contributed by atoms with Gasteiger partial charge in [-0.3, -0.25) is 18.9 Å². The Labute approximate surface area is 316 Å². The number of rotatable bonds is 11. The molecular weight excluding hydrogens is 624 g/mol. The number of H-pyrrole nitrogens is 1. The predicted octanol–water partition coefficient (Wildman–Crippen LogP) is 4.85. The van der Waals surface area contributed by atoms with Gasteiger partial charge in [0.2, 0.25) is 5.78 Å². The van der Waals surface area contributed by atoms with Crippen LogP contribution in [-0.4, -0.2) is 104 Å². The van der Waals surface area contributed by atoms with Crippen LogP contribution in [0.15, 0.2) is 69.0 Å². The molecule has 47 heavy (non-hydrogen) atoms. The molecule has 0 spiro atoms. The van der Waals surface area contributed by atoms with E-state index in [1.165, 1.54) is 6.33 Å². The number of benzene rings is 2. The Bertz CT molecular complexity index is 1910. The number of nitrogens with one attached hydrogen (secondary N) is 1. The maximum atomic E-state index is 14.4. The van der Waals surface area contributed by atoms with Crippen LogP contribution in [0.2, 0.25) is 0 Å². The minimum atomic E-state index is -0.904. The monoisotopic (exact) mass is 666 g/mol. The Morgan fingerprint density at radius 3 is 2.36 bits per heavy atom. The van der Waals surface area contributed by atoms with E-state index >= 15 is 0 Å². The number of hydrogen-bond donors (Lipinski definition) is 2. The van der Waals surface area contributed by atoms with Crippen molar-refractivity contribution in [3.63, 3.8) is 0 Å². The van der Waals surface area contributed by atoms with Crippen LogP contribution in [0, 0.1) is 0 Å². The van der Waals surface area contributed by atoms with Gasteiger partial charge in [0, 0.05) is 23.6 Å². The van der Waals surface area contributed by atoms with Gasteiger partial charge < -0.3 is 9.84 Å². The predicted molar refractivity (Wildman–Crippen MR) is 182 cm³/mol. The van der Waals surface area contributed by atoms with Gasteiger partial charge >= 0.3 is 57.1 Å². The van der Waals surface area contributed by atoms with Crippen molar-refractivity contribution in [3.05, 3.63) is 92.6 Å². The summed E-state index contributed by atoms with van der Waals surface area (Å²) in [5, 5.41) is 19.0. The molecule has 1 atom stereocenters. The van der Waals surface area contributed by atoms with Gasteiger partial charge in [-0.1, -0.05) is 74.0 Å². The number of aromatic amines is 1. The number of hydrogen-bond acceptors (Lipinski definition) is 8. The number of aliphatic hydroxyl groups is 1. The molecule has 1 fully saturated rings. The molecule has 0 radical (unpaired) electrons. The molecular formula is C35H43KN6O5. The molecule has 2 N–H and O–H groups in total. The van der Waals surface area contributed by atoms with Crippen molar-refractivity contribution in [2.45, 2.75) is 103 Å². The quantitative estimate of drug-likeness (QED) is 0.191. The number of fused-ring (bicyclic) bond motifs is 1. The fraction of sp³-hybridized carbons (Fsp3) is 0.457. The number of nitrogens with zero attached hydrogens (tertiary/aromatic N) is 5. The fourth-order valence-electron chi connectivity index (χ4n) is 6.81. The van der Waals surface area contributed by atoms with E-state index in [0.717, 1.165) is 72.0 Å². The van der Waals surface area contributed by atoms with Gasteiger partial charge in [-0.05, 0) is 69.1 Å².